The van der Waals surface area contributed by atoms with Crippen molar-refractivity contribution in [3.8, 4) is 0 Å². The molecule has 0 radical (unpaired) electrons. The molecule has 5 nitrogen and oxygen atoms in total. The van der Waals surface area contributed by atoms with Gasteiger partial charge in [-0.2, -0.15) is 0 Å². The summed E-state index contributed by atoms with van der Waals surface area (Å²) in [6, 6.07) is 5.79. The number of hydrogen-bond donors (Lipinski definition) is 2. The molecule has 0 amide bonds. The van der Waals surface area contributed by atoms with Gasteiger partial charge in [-0.05, 0) is 73.6 Å². The van der Waals surface area contributed by atoms with Crippen LogP contribution >= 0.6 is 0 Å². The van der Waals surface area contributed by atoms with Crippen molar-refractivity contribution in [2.24, 2.45) is 5.92 Å². The summed E-state index contributed by atoms with van der Waals surface area (Å²) < 4.78 is 26.4. The van der Waals surface area contributed by atoms with Crippen LogP contribution in [0.15, 0.2) is 34.0 Å². The first-order valence-corrected chi connectivity index (χ1v) is 12.0. The van der Waals surface area contributed by atoms with Gasteiger partial charge >= 0.3 is 0 Å². The van der Waals surface area contributed by atoms with Crippen LogP contribution in [0, 0.1) is 10.7 Å². The van der Waals surface area contributed by atoms with Crippen molar-refractivity contribution in [3.63, 3.8) is 0 Å². The van der Waals surface area contributed by atoms with Crippen LogP contribution in [0.1, 0.15) is 67.3 Å². The quantitative estimate of drug-likeness (QED) is 0.671. The molecule has 0 unspecified atom stereocenters. The Morgan fingerprint density at radius 2 is 2.07 bits per heavy atom. The molecule has 2 aliphatic rings. The van der Waals surface area contributed by atoms with Gasteiger partial charge in [0.15, 0.2) is 10.9 Å². The van der Waals surface area contributed by atoms with E-state index < -0.39 is 15.3 Å². The van der Waals surface area contributed by atoms with Gasteiger partial charge in [0.25, 0.3) is 0 Å². The van der Waals surface area contributed by atoms with Crippen molar-refractivity contribution in [1.29, 1.82) is 4.78 Å². The Bertz CT molecular complexity index is 1060. The lowest BCUT2D eigenvalue weighted by atomic mass is 9.78. The van der Waals surface area contributed by atoms with Gasteiger partial charge in [-0.15, -0.1) is 0 Å². The van der Waals surface area contributed by atoms with Crippen molar-refractivity contribution in [2.45, 2.75) is 69.5 Å². The van der Waals surface area contributed by atoms with Gasteiger partial charge in [-0.1, -0.05) is 19.1 Å². The SMILES string of the molecule is C[C@@H](c1ccc2c(c1CC(=O)C[S@@](=N)(=O)c1cc(C(C)(C)O)co1)CC2)C1CC1. The molecular weight excluding hydrogens is 386 g/mol. The van der Waals surface area contributed by atoms with E-state index in [2.05, 4.69) is 19.1 Å². The fourth-order valence-electron chi connectivity index (χ4n) is 4.23. The summed E-state index contributed by atoms with van der Waals surface area (Å²) in [6.07, 6.45) is 6.07. The van der Waals surface area contributed by atoms with Crippen LogP contribution in [-0.2, 0) is 39.4 Å². The smallest absolute Gasteiger partial charge is 0.199 e. The number of furan rings is 1. The van der Waals surface area contributed by atoms with Crippen LogP contribution in [0.25, 0.3) is 0 Å². The van der Waals surface area contributed by atoms with E-state index in [1.807, 2.05) is 0 Å². The van der Waals surface area contributed by atoms with Crippen LogP contribution < -0.4 is 0 Å². The molecule has 0 spiro atoms. The van der Waals surface area contributed by atoms with Gasteiger partial charge in [0, 0.05) is 18.1 Å². The minimum atomic E-state index is -3.39. The number of ketones is 1. The highest BCUT2D eigenvalue weighted by molar-refractivity contribution is 7.93. The van der Waals surface area contributed by atoms with E-state index in [9.17, 15) is 14.1 Å². The van der Waals surface area contributed by atoms with Gasteiger partial charge in [0.05, 0.1) is 17.6 Å². The molecule has 4 rings (SSSR count). The normalized spacial score (nSPS) is 19.2. The number of hydrogen-bond acceptors (Lipinski definition) is 5. The molecule has 1 saturated carbocycles. The number of carbonyl (C=O) groups excluding carboxylic acids is 1. The van der Waals surface area contributed by atoms with Crippen LogP contribution in [0.3, 0.4) is 0 Å². The summed E-state index contributed by atoms with van der Waals surface area (Å²) in [7, 11) is -3.39. The maximum atomic E-state index is 12.9. The molecule has 0 aliphatic heterocycles. The Kier molecular flexibility index (Phi) is 4.98. The predicted molar refractivity (Wildman–Crippen MR) is 112 cm³/mol. The van der Waals surface area contributed by atoms with Crippen LogP contribution in [0.4, 0.5) is 0 Å². The van der Waals surface area contributed by atoms with E-state index in [-0.39, 0.29) is 23.0 Å². The van der Waals surface area contributed by atoms with Gasteiger partial charge in [0.2, 0.25) is 0 Å². The van der Waals surface area contributed by atoms with E-state index in [0.29, 0.717) is 17.4 Å². The predicted octanol–water partition coefficient (Wildman–Crippen LogP) is 4.34. The number of nitrogens with one attached hydrogen (secondary N) is 1. The first-order chi connectivity index (χ1) is 13.6. The average Bonchev–Trinajstić information content (AvgIpc) is 3.29. The molecule has 2 aliphatic carbocycles. The number of rotatable bonds is 8. The summed E-state index contributed by atoms with van der Waals surface area (Å²) in [5.74, 6) is 0.567. The molecular formula is C23H29NO4S. The summed E-state index contributed by atoms with van der Waals surface area (Å²) in [4.78, 5) is 12.9. The van der Waals surface area contributed by atoms with Crippen molar-refractivity contribution >= 4 is 15.5 Å². The largest absolute Gasteiger partial charge is 0.454 e. The number of carbonyl (C=O) groups is 1. The summed E-state index contributed by atoms with van der Waals surface area (Å²) >= 11 is 0. The Morgan fingerprint density at radius 3 is 2.62 bits per heavy atom. The molecule has 1 fully saturated rings. The minimum Gasteiger partial charge on any atom is -0.454 e. The Morgan fingerprint density at radius 1 is 1.34 bits per heavy atom. The second kappa shape index (κ2) is 7.10. The first-order valence-electron chi connectivity index (χ1n) is 10.3. The minimum absolute atomic E-state index is 0.0457. The average molecular weight is 416 g/mol. The third-order valence-electron chi connectivity index (χ3n) is 6.37. The van der Waals surface area contributed by atoms with Gasteiger partial charge < -0.3 is 9.52 Å². The lowest BCUT2D eigenvalue weighted by Crippen LogP contribution is -2.22. The van der Waals surface area contributed by atoms with Crippen molar-refractivity contribution in [2.75, 3.05) is 5.75 Å². The Hall–Kier alpha value is -1.92. The second-order valence-electron chi connectivity index (χ2n) is 9.15. The molecule has 2 N–H and O–H groups in total. The van der Waals surface area contributed by atoms with Gasteiger partial charge in [-0.25, -0.2) is 8.99 Å². The molecule has 29 heavy (non-hydrogen) atoms. The lowest BCUT2D eigenvalue weighted by Gasteiger charge is -2.27. The molecule has 6 heteroatoms. The third kappa shape index (κ3) is 4.05. The highest BCUT2D eigenvalue weighted by Gasteiger charge is 2.33. The molecule has 156 valence electrons. The number of fused-ring (bicyclic) bond motifs is 1. The standard InChI is InChI=1S/C23H29NO4S/c1-14(15-4-5-15)19-8-6-16-7-9-20(16)21(19)11-18(25)13-29(24,27)22-10-17(12-28-22)23(2,3)26/h6,8,10,12,14-15,24,26H,4-5,7,9,11,13H2,1-3H3/t14-,29-/m1/s1. The zero-order valence-electron chi connectivity index (χ0n) is 17.3. The van der Waals surface area contributed by atoms with Crippen LogP contribution in [-0.4, -0.2) is 20.9 Å². The first kappa shape index (κ1) is 20.4. The van der Waals surface area contributed by atoms with E-state index in [1.54, 1.807) is 13.8 Å². The van der Waals surface area contributed by atoms with Crippen molar-refractivity contribution in [1.82, 2.24) is 0 Å². The van der Waals surface area contributed by atoms with E-state index in [1.165, 1.54) is 41.9 Å². The second-order valence-corrected chi connectivity index (χ2v) is 11.2. The maximum Gasteiger partial charge on any atom is 0.199 e. The third-order valence-corrected chi connectivity index (χ3v) is 7.97. The molecule has 0 saturated heterocycles. The van der Waals surface area contributed by atoms with E-state index in [4.69, 9.17) is 9.20 Å². The summed E-state index contributed by atoms with van der Waals surface area (Å²) in [6.45, 7) is 5.42. The highest BCUT2D eigenvalue weighted by atomic mass is 32.2. The maximum absolute atomic E-state index is 12.9. The van der Waals surface area contributed by atoms with E-state index >= 15 is 0 Å². The molecule has 2 aromatic rings. The van der Waals surface area contributed by atoms with Crippen LogP contribution in [0.2, 0.25) is 0 Å². The highest BCUT2D eigenvalue weighted by Crippen LogP contribution is 2.45. The zero-order chi connectivity index (χ0) is 21.0. The lowest BCUT2D eigenvalue weighted by molar-refractivity contribution is -0.116. The Labute approximate surface area is 172 Å². The number of Topliss-reactive ketones (excluding diaryl/α,β-unsaturated/α-hetero) is 1. The van der Waals surface area contributed by atoms with Crippen molar-refractivity contribution < 1.29 is 18.5 Å². The molecule has 0 bridgehead atoms. The topological polar surface area (TPSA) is 91.4 Å². The van der Waals surface area contributed by atoms with Crippen LogP contribution in [0.5, 0.6) is 0 Å². The van der Waals surface area contributed by atoms with Crippen molar-refractivity contribution in [3.05, 3.63) is 52.3 Å². The molecule has 1 aromatic carbocycles. The van der Waals surface area contributed by atoms with Gasteiger partial charge in [-0.3, -0.25) is 4.79 Å². The summed E-state index contributed by atoms with van der Waals surface area (Å²) in [5.41, 5.74) is 4.24. The Balaban J connectivity index is 1.54. The fraction of sp³-hybridized carbons (Fsp3) is 0.522. The molecule has 1 aromatic heterocycles. The number of aliphatic hydroxyl groups is 1. The fourth-order valence-corrected chi connectivity index (χ4v) is 5.45. The van der Waals surface area contributed by atoms with E-state index in [0.717, 1.165) is 18.4 Å². The van der Waals surface area contributed by atoms with Gasteiger partial charge in [0.1, 0.15) is 9.73 Å². The molecule has 2 atom stereocenters. The summed E-state index contributed by atoms with van der Waals surface area (Å²) in [5, 5.41) is 10.0. The number of aryl methyl sites for hydroxylation is 1. The number of benzene rings is 1. The molecule has 1 heterocycles. The zero-order valence-corrected chi connectivity index (χ0v) is 18.1. The monoisotopic (exact) mass is 415 g/mol.